The molecule has 0 saturated carbocycles. The number of piperidine rings is 1. The van der Waals surface area contributed by atoms with Crippen LogP contribution in [0, 0.1) is 19.8 Å². The first-order valence-electron chi connectivity index (χ1n) is 10.3. The summed E-state index contributed by atoms with van der Waals surface area (Å²) in [6.45, 7) is 4.06. The molecule has 1 saturated heterocycles. The first-order chi connectivity index (χ1) is 15.1. The molecule has 0 unspecified atom stereocenters. The second kappa shape index (κ2) is 9.92. The molecular weight excluding hydrogens is 452 g/mol. The van der Waals surface area contributed by atoms with Crippen molar-refractivity contribution in [1.29, 1.82) is 0 Å². The summed E-state index contributed by atoms with van der Waals surface area (Å²) in [5, 5.41) is 0.415. The van der Waals surface area contributed by atoms with Crippen molar-refractivity contribution in [3.63, 3.8) is 0 Å². The molecule has 2 aromatic carbocycles. The van der Waals surface area contributed by atoms with Gasteiger partial charge in [-0.3, -0.25) is 13.9 Å². The van der Waals surface area contributed by atoms with Gasteiger partial charge >= 0.3 is 5.97 Å². The molecule has 0 atom stereocenters. The number of carbonyl (C=O) groups is 2. The highest BCUT2D eigenvalue weighted by Gasteiger charge is 2.32. The molecule has 1 heterocycles. The average Bonchev–Trinajstić information content (AvgIpc) is 2.79. The predicted octanol–water partition coefficient (Wildman–Crippen LogP) is 3.56. The van der Waals surface area contributed by atoms with E-state index >= 15 is 0 Å². The Morgan fingerprint density at radius 1 is 1.09 bits per heavy atom. The van der Waals surface area contributed by atoms with Crippen molar-refractivity contribution < 1.29 is 22.7 Å². The molecule has 0 spiro atoms. The Kier molecular flexibility index (Phi) is 7.46. The molecule has 0 N–H and O–H groups in total. The molecule has 1 aliphatic heterocycles. The van der Waals surface area contributed by atoms with E-state index in [1.54, 1.807) is 35.2 Å². The van der Waals surface area contributed by atoms with Gasteiger partial charge in [-0.1, -0.05) is 35.4 Å². The fourth-order valence-electron chi connectivity index (χ4n) is 3.64. The standard InChI is InChI=1S/C23H27ClN2O5S/c1-16-4-8-20(9-5-16)32(29,30)26(19-7-6-17(2)21(24)14-19)15-22(27)25-12-10-18(11-13-25)23(28)31-3/h4-9,14,18H,10-13,15H2,1-3H3. The number of sulfonamides is 1. The quantitative estimate of drug-likeness (QED) is 0.593. The maximum atomic E-state index is 13.5. The Morgan fingerprint density at radius 2 is 1.72 bits per heavy atom. The van der Waals surface area contributed by atoms with Crippen LogP contribution in [0.25, 0.3) is 0 Å². The van der Waals surface area contributed by atoms with Crippen LogP contribution in [0.15, 0.2) is 47.4 Å². The zero-order chi connectivity index (χ0) is 23.5. The zero-order valence-electron chi connectivity index (χ0n) is 18.4. The van der Waals surface area contributed by atoms with Gasteiger partial charge in [-0.2, -0.15) is 0 Å². The summed E-state index contributed by atoms with van der Waals surface area (Å²) in [6.07, 6.45) is 0.971. The summed E-state index contributed by atoms with van der Waals surface area (Å²) in [4.78, 5) is 26.5. The van der Waals surface area contributed by atoms with E-state index < -0.39 is 10.0 Å². The van der Waals surface area contributed by atoms with E-state index in [0.29, 0.717) is 36.6 Å². The Balaban J connectivity index is 1.88. The van der Waals surface area contributed by atoms with Crippen LogP contribution in [0.5, 0.6) is 0 Å². The molecule has 1 amide bonds. The molecule has 0 bridgehead atoms. The molecular formula is C23H27ClN2O5S. The van der Waals surface area contributed by atoms with Gasteiger partial charge < -0.3 is 9.64 Å². The lowest BCUT2D eigenvalue weighted by atomic mass is 9.97. The number of amides is 1. The SMILES string of the molecule is COC(=O)C1CCN(C(=O)CN(c2ccc(C)c(Cl)c2)S(=O)(=O)c2ccc(C)cc2)CC1. The van der Waals surface area contributed by atoms with Crippen molar-refractivity contribution in [3.8, 4) is 0 Å². The molecule has 1 fully saturated rings. The largest absolute Gasteiger partial charge is 0.469 e. The number of methoxy groups -OCH3 is 1. The van der Waals surface area contributed by atoms with Crippen LogP contribution in [-0.2, 0) is 24.3 Å². The first kappa shape index (κ1) is 24.1. The van der Waals surface area contributed by atoms with E-state index in [0.717, 1.165) is 15.4 Å². The fraction of sp³-hybridized carbons (Fsp3) is 0.391. The van der Waals surface area contributed by atoms with Crippen LogP contribution >= 0.6 is 11.6 Å². The van der Waals surface area contributed by atoms with E-state index in [-0.39, 0.29) is 29.2 Å². The van der Waals surface area contributed by atoms with E-state index in [1.807, 2.05) is 13.8 Å². The summed E-state index contributed by atoms with van der Waals surface area (Å²) in [6, 6.07) is 11.4. The van der Waals surface area contributed by atoms with Gasteiger partial charge in [0.15, 0.2) is 0 Å². The predicted molar refractivity (Wildman–Crippen MR) is 123 cm³/mol. The highest BCUT2D eigenvalue weighted by molar-refractivity contribution is 7.92. The number of esters is 1. The number of anilines is 1. The molecule has 32 heavy (non-hydrogen) atoms. The van der Waals surface area contributed by atoms with Gasteiger partial charge in [0.2, 0.25) is 5.91 Å². The molecule has 9 heteroatoms. The first-order valence-corrected chi connectivity index (χ1v) is 12.2. The van der Waals surface area contributed by atoms with Crippen molar-refractivity contribution in [2.45, 2.75) is 31.6 Å². The molecule has 3 rings (SSSR count). The van der Waals surface area contributed by atoms with Gasteiger partial charge in [0.05, 0.1) is 23.6 Å². The van der Waals surface area contributed by atoms with E-state index in [4.69, 9.17) is 16.3 Å². The number of hydrogen-bond acceptors (Lipinski definition) is 5. The molecule has 0 aromatic heterocycles. The van der Waals surface area contributed by atoms with Crippen molar-refractivity contribution in [3.05, 3.63) is 58.6 Å². The maximum Gasteiger partial charge on any atom is 0.308 e. The average molecular weight is 479 g/mol. The van der Waals surface area contributed by atoms with Crippen LogP contribution in [0.4, 0.5) is 5.69 Å². The summed E-state index contributed by atoms with van der Waals surface area (Å²) < 4.78 is 32.9. The number of rotatable bonds is 6. The van der Waals surface area contributed by atoms with E-state index in [1.165, 1.54) is 19.2 Å². The lowest BCUT2D eigenvalue weighted by molar-refractivity contribution is -0.148. The van der Waals surface area contributed by atoms with Crippen molar-refractivity contribution >= 4 is 39.2 Å². The van der Waals surface area contributed by atoms with Gasteiger partial charge in [-0.15, -0.1) is 0 Å². The summed E-state index contributed by atoms with van der Waals surface area (Å²) in [7, 11) is -2.66. The monoisotopic (exact) mass is 478 g/mol. The van der Waals surface area contributed by atoms with Crippen LogP contribution in [0.2, 0.25) is 5.02 Å². The van der Waals surface area contributed by atoms with Gasteiger partial charge in [-0.05, 0) is 56.5 Å². The van der Waals surface area contributed by atoms with Gasteiger partial charge in [0.25, 0.3) is 10.0 Å². The van der Waals surface area contributed by atoms with Crippen LogP contribution < -0.4 is 4.31 Å². The van der Waals surface area contributed by atoms with Crippen LogP contribution in [0.1, 0.15) is 24.0 Å². The smallest absolute Gasteiger partial charge is 0.308 e. The van der Waals surface area contributed by atoms with Gasteiger partial charge in [0, 0.05) is 18.1 Å². The number of ether oxygens (including phenoxy) is 1. The molecule has 1 aliphatic rings. The Bertz CT molecular complexity index is 1090. The number of likely N-dealkylation sites (tertiary alicyclic amines) is 1. The summed E-state index contributed by atoms with van der Waals surface area (Å²) in [5.41, 5.74) is 2.05. The third-order valence-electron chi connectivity index (χ3n) is 5.71. The third kappa shape index (κ3) is 5.24. The van der Waals surface area contributed by atoms with E-state index in [9.17, 15) is 18.0 Å². The molecule has 7 nitrogen and oxygen atoms in total. The minimum Gasteiger partial charge on any atom is -0.469 e. The second-order valence-electron chi connectivity index (χ2n) is 7.94. The molecule has 0 radical (unpaired) electrons. The third-order valence-corrected chi connectivity index (χ3v) is 7.91. The number of carbonyl (C=O) groups excluding carboxylic acids is 2. The Morgan fingerprint density at radius 3 is 2.28 bits per heavy atom. The number of benzene rings is 2. The Hall–Kier alpha value is -2.58. The number of aryl methyl sites for hydroxylation is 2. The number of hydrogen-bond donors (Lipinski definition) is 0. The second-order valence-corrected chi connectivity index (χ2v) is 10.2. The topological polar surface area (TPSA) is 84.0 Å². The molecule has 172 valence electrons. The van der Waals surface area contributed by atoms with Gasteiger partial charge in [0.1, 0.15) is 6.54 Å². The lowest BCUT2D eigenvalue weighted by Gasteiger charge is -2.33. The fourth-order valence-corrected chi connectivity index (χ4v) is 5.22. The normalized spacial score (nSPS) is 14.8. The van der Waals surface area contributed by atoms with Crippen molar-refractivity contribution in [1.82, 2.24) is 4.90 Å². The minimum atomic E-state index is -4.01. The minimum absolute atomic E-state index is 0.0944. The van der Waals surface area contributed by atoms with Crippen LogP contribution in [-0.4, -0.2) is 51.9 Å². The van der Waals surface area contributed by atoms with Crippen LogP contribution in [0.3, 0.4) is 0 Å². The maximum absolute atomic E-state index is 13.5. The number of halogens is 1. The summed E-state index contributed by atoms with van der Waals surface area (Å²) >= 11 is 6.26. The molecule has 2 aromatic rings. The summed E-state index contributed by atoms with van der Waals surface area (Å²) in [5.74, 6) is -0.858. The highest BCUT2D eigenvalue weighted by Crippen LogP contribution is 2.29. The number of nitrogens with zero attached hydrogens (tertiary/aromatic N) is 2. The lowest BCUT2D eigenvalue weighted by Crippen LogP contribution is -2.46. The highest BCUT2D eigenvalue weighted by atomic mass is 35.5. The molecule has 0 aliphatic carbocycles. The van der Waals surface area contributed by atoms with Crippen molar-refractivity contribution in [2.24, 2.45) is 5.92 Å². The van der Waals surface area contributed by atoms with E-state index in [2.05, 4.69) is 0 Å². The van der Waals surface area contributed by atoms with Crippen molar-refractivity contribution in [2.75, 3.05) is 31.0 Å². The zero-order valence-corrected chi connectivity index (χ0v) is 19.9. The van der Waals surface area contributed by atoms with Gasteiger partial charge in [-0.25, -0.2) is 8.42 Å². The Labute approximate surface area is 194 Å².